The molecule has 0 bridgehead atoms. The van der Waals surface area contributed by atoms with Gasteiger partial charge in [0.05, 0.1) is 5.92 Å². The van der Waals surface area contributed by atoms with Crippen LogP contribution in [0.25, 0.3) is 0 Å². The molecule has 3 unspecified atom stereocenters. The fourth-order valence-electron chi connectivity index (χ4n) is 1.36. The molecule has 3 atom stereocenters. The van der Waals surface area contributed by atoms with Crippen molar-refractivity contribution in [2.75, 3.05) is 0 Å². The second-order valence-electron chi connectivity index (χ2n) is 3.37. The molecular formula is C9H13ClO. The van der Waals surface area contributed by atoms with Gasteiger partial charge in [0.25, 0.3) is 0 Å². The van der Waals surface area contributed by atoms with Crippen molar-refractivity contribution in [1.29, 1.82) is 0 Å². The lowest BCUT2D eigenvalue weighted by Crippen LogP contribution is -2.19. The fraction of sp³-hybridized carbons (Fsp3) is 0.667. The Kier molecular flexibility index (Phi) is 2.72. The molecule has 0 radical (unpaired) electrons. The molecule has 0 N–H and O–H groups in total. The van der Waals surface area contributed by atoms with Crippen molar-refractivity contribution in [3.05, 3.63) is 12.2 Å². The van der Waals surface area contributed by atoms with E-state index in [-0.39, 0.29) is 11.2 Å². The summed E-state index contributed by atoms with van der Waals surface area (Å²) in [7, 11) is 0. The molecule has 0 saturated carbocycles. The van der Waals surface area contributed by atoms with E-state index < -0.39 is 0 Å². The molecule has 0 heterocycles. The Hall–Kier alpha value is -0.300. The Morgan fingerprint density at radius 1 is 1.45 bits per heavy atom. The van der Waals surface area contributed by atoms with Gasteiger partial charge in [0.15, 0.2) is 0 Å². The molecule has 0 saturated heterocycles. The van der Waals surface area contributed by atoms with Crippen LogP contribution in [0.15, 0.2) is 12.2 Å². The number of rotatable bonds is 1. The van der Waals surface area contributed by atoms with Crippen molar-refractivity contribution in [2.24, 2.45) is 17.8 Å². The van der Waals surface area contributed by atoms with Crippen LogP contribution in [0.4, 0.5) is 0 Å². The highest BCUT2D eigenvalue weighted by Gasteiger charge is 2.23. The van der Waals surface area contributed by atoms with Crippen LogP contribution in [-0.2, 0) is 4.79 Å². The first kappa shape index (κ1) is 8.79. The van der Waals surface area contributed by atoms with E-state index in [0.717, 1.165) is 6.42 Å². The first-order valence-corrected chi connectivity index (χ1v) is 4.36. The Morgan fingerprint density at radius 3 is 2.55 bits per heavy atom. The lowest BCUT2D eigenvalue weighted by atomic mass is 9.82. The molecule has 0 aromatic heterocycles. The minimum Gasteiger partial charge on any atom is -0.281 e. The Morgan fingerprint density at radius 2 is 2.09 bits per heavy atom. The summed E-state index contributed by atoms with van der Waals surface area (Å²) in [6, 6.07) is 0. The molecule has 0 aromatic rings. The zero-order valence-electron chi connectivity index (χ0n) is 6.88. The highest BCUT2D eigenvalue weighted by atomic mass is 35.5. The standard InChI is InChI=1S/C9H13ClO/c1-6-3-4-8(9(10)11)5-7(6)2/h3-4,6-8H,5H2,1-2H3. The first-order chi connectivity index (χ1) is 5.11. The smallest absolute Gasteiger partial charge is 0.228 e. The minimum absolute atomic E-state index is 0.0390. The van der Waals surface area contributed by atoms with Crippen molar-refractivity contribution >= 4 is 16.8 Å². The van der Waals surface area contributed by atoms with E-state index in [9.17, 15) is 4.79 Å². The zero-order chi connectivity index (χ0) is 8.43. The number of hydrogen-bond acceptors (Lipinski definition) is 1. The molecule has 1 rings (SSSR count). The Labute approximate surface area is 72.4 Å². The molecule has 1 aliphatic rings. The van der Waals surface area contributed by atoms with E-state index >= 15 is 0 Å². The lowest BCUT2D eigenvalue weighted by Gasteiger charge is -2.24. The van der Waals surface area contributed by atoms with Crippen LogP contribution in [0.5, 0.6) is 0 Å². The summed E-state index contributed by atoms with van der Waals surface area (Å²) in [6.45, 7) is 4.32. The maximum Gasteiger partial charge on any atom is 0.228 e. The third-order valence-electron chi connectivity index (χ3n) is 2.46. The molecule has 0 aliphatic heterocycles. The SMILES string of the molecule is CC1C=CC(C(=O)Cl)CC1C. The molecule has 0 spiro atoms. The quantitative estimate of drug-likeness (QED) is 0.439. The minimum atomic E-state index is -0.222. The highest BCUT2D eigenvalue weighted by molar-refractivity contribution is 6.64. The van der Waals surface area contributed by atoms with Gasteiger partial charge in [0.1, 0.15) is 0 Å². The van der Waals surface area contributed by atoms with Crippen LogP contribution in [0, 0.1) is 17.8 Å². The molecular weight excluding hydrogens is 160 g/mol. The van der Waals surface area contributed by atoms with Gasteiger partial charge in [0.2, 0.25) is 5.24 Å². The summed E-state index contributed by atoms with van der Waals surface area (Å²) >= 11 is 5.38. The van der Waals surface area contributed by atoms with Gasteiger partial charge in [-0.2, -0.15) is 0 Å². The van der Waals surface area contributed by atoms with Crippen molar-refractivity contribution in [1.82, 2.24) is 0 Å². The van der Waals surface area contributed by atoms with Gasteiger partial charge < -0.3 is 0 Å². The molecule has 62 valence electrons. The number of hydrogen-bond donors (Lipinski definition) is 0. The van der Waals surface area contributed by atoms with Gasteiger partial charge in [-0.1, -0.05) is 26.0 Å². The summed E-state index contributed by atoms with van der Waals surface area (Å²) in [5.41, 5.74) is 0. The predicted molar refractivity (Wildman–Crippen MR) is 46.4 cm³/mol. The van der Waals surface area contributed by atoms with E-state index in [0.29, 0.717) is 11.8 Å². The summed E-state index contributed by atoms with van der Waals surface area (Å²) < 4.78 is 0. The maximum absolute atomic E-state index is 10.8. The van der Waals surface area contributed by atoms with E-state index in [1.807, 2.05) is 6.08 Å². The van der Waals surface area contributed by atoms with Gasteiger partial charge in [-0.25, -0.2) is 0 Å². The first-order valence-electron chi connectivity index (χ1n) is 3.99. The van der Waals surface area contributed by atoms with Crippen molar-refractivity contribution in [2.45, 2.75) is 20.3 Å². The lowest BCUT2D eigenvalue weighted by molar-refractivity contribution is -0.114. The molecule has 0 amide bonds. The average Bonchev–Trinajstić information content (AvgIpc) is 1.94. The zero-order valence-corrected chi connectivity index (χ0v) is 7.64. The number of halogens is 1. The second-order valence-corrected chi connectivity index (χ2v) is 3.74. The number of carbonyl (C=O) groups is 1. The summed E-state index contributed by atoms with van der Waals surface area (Å²) in [6.07, 6.45) is 4.92. The van der Waals surface area contributed by atoms with Crippen LogP contribution in [0.3, 0.4) is 0 Å². The summed E-state index contributed by atoms with van der Waals surface area (Å²) in [5, 5.41) is -0.222. The van der Waals surface area contributed by atoms with Gasteiger partial charge in [0, 0.05) is 0 Å². The molecule has 1 nitrogen and oxygen atoms in total. The third kappa shape index (κ3) is 2.06. The molecule has 1 aliphatic carbocycles. The highest BCUT2D eigenvalue weighted by Crippen LogP contribution is 2.28. The third-order valence-corrected chi connectivity index (χ3v) is 2.74. The van der Waals surface area contributed by atoms with E-state index in [1.54, 1.807) is 0 Å². The second kappa shape index (κ2) is 3.40. The molecule has 0 aromatic carbocycles. The topological polar surface area (TPSA) is 17.1 Å². The van der Waals surface area contributed by atoms with Gasteiger partial charge in [-0.15, -0.1) is 0 Å². The molecule has 0 fully saturated rings. The average molecular weight is 173 g/mol. The predicted octanol–water partition coefficient (Wildman–Crippen LogP) is 2.60. The van der Waals surface area contributed by atoms with Gasteiger partial charge >= 0.3 is 0 Å². The van der Waals surface area contributed by atoms with Crippen molar-refractivity contribution in [3.8, 4) is 0 Å². The van der Waals surface area contributed by atoms with E-state index in [4.69, 9.17) is 11.6 Å². The van der Waals surface area contributed by atoms with Crippen LogP contribution < -0.4 is 0 Å². The summed E-state index contributed by atoms with van der Waals surface area (Å²) in [4.78, 5) is 10.8. The van der Waals surface area contributed by atoms with Crippen molar-refractivity contribution in [3.63, 3.8) is 0 Å². The largest absolute Gasteiger partial charge is 0.281 e. The van der Waals surface area contributed by atoms with E-state index in [2.05, 4.69) is 19.9 Å². The number of allylic oxidation sites excluding steroid dienone is 2. The van der Waals surface area contributed by atoms with Crippen LogP contribution in [-0.4, -0.2) is 5.24 Å². The monoisotopic (exact) mass is 172 g/mol. The van der Waals surface area contributed by atoms with E-state index in [1.165, 1.54) is 0 Å². The maximum atomic E-state index is 10.8. The normalized spacial score (nSPS) is 37.2. The van der Waals surface area contributed by atoms with Gasteiger partial charge in [-0.05, 0) is 29.9 Å². The van der Waals surface area contributed by atoms with Gasteiger partial charge in [-0.3, -0.25) is 4.79 Å². The Balaban J connectivity index is 2.63. The number of carbonyl (C=O) groups excluding carboxylic acids is 1. The molecule has 11 heavy (non-hydrogen) atoms. The Bertz CT molecular complexity index is 186. The van der Waals surface area contributed by atoms with Crippen LogP contribution >= 0.6 is 11.6 Å². The van der Waals surface area contributed by atoms with Crippen LogP contribution in [0.2, 0.25) is 0 Å². The summed E-state index contributed by atoms with van der Waals surface area (Å²) in [5.74, 6) is 1.12. The fourth-order valence-corrected chi connectivity index (χ4v) is 1.52. The van der Waals surface area contributed by atoms with Crippen LogP contribution in [0.1, 0.15) is 20.3 Å². The van der Waals surface area contributed by atoms with Crippen molar-refractivity contribution < 1.29 is 4.79 Å². The molecule has 2 heteroatoms.